The van der Waals surface area contributed by atoms with Crippen molar-refractivity contribution >= 4 is 15.9 Å². The van der Waals surface area contributed by atoms with Gasteiger partial charge in [0, 0.05) is 23.7 Å². The maximum atomic E-state index is 12.9. The van der Waals surface area contributed by atoms with E-state index in [4.69, 9.17) is 4.74 Å². The Labute approximate surface area is 110 Å². The smallest absolute Gasteiger partial charge is 0.124 e. The molecule has 1 N–H and O–H groups in total. The maximum absolute atomic E-state index is 12.9. The third-order valence-corrected chi connectivity index (χ3v) is 3.83. The van der Waals surface area contributed by atoms with Gasteiger partial charge in [-0.1, -0.05) is 22.0 Å². The van der Waals surface area contributed by atoms with Crippen molar-refractivity contribution in [3.8, 4) is 0 Å². The first-order valence-electron chi connectivity index (χ1n) is 5.98. The van der Waals surface area contributed by atoms with E-state index in [0.717, 1.165) is 36.0 Å². The molecule has 1 aromatic carbocycles. The van der Waals surface area contributed by atoms with Crippen LogP contribution < -0.4 is 5.32 Å². The lowest BCUT2D eigenvalue weighted by Gasteiger charge is -2.35. The summed E-state index contributed by atoms with van der Waals surface area (Å²) in [7, 11) is 0. The average Bonchev–Trinajstić information content (AvgIpc) is 2.23. The fourth-order valence-corrected chi connectivity index (χ4v) is 2.51. The second kappa shape index (κ2) is 5.94. The predicted molar refractivity (Wildman–Crippen MR) is 69.4 cm³/mol. The highest BCUT2D eigenvalue weighted by atomic mass is 79.9. The minimum Gasteiger partial charge on any atom is -0.378 e. The van der Waals surface area contributed by atoms with Crippen LogP contribution in [0.2, 0.25) is 0 Å². The Morgan fingerprint density at radius 2 is 2.24 bits per heavy atom. The van der Waals surface area contributed by atoms with Gasteiger partial charge in [0.2, 0.25) is 0 Å². The van der Waals surface area contributed by atoms with Crippen molar-refractivity contribution in [3.63, 3.8) is 0 Å². The molecule has 1 aliphatic carbocycles. The molecule has 1 fully saturated rings. The van der Waals surface area contributed by atoms with Crippen LogP contribution in [0.25, 0.3) is 0 Å². The molecule has 0 radical (unpaired) electrons. The van der Waals surface area contributed by atoms with Gasteiger partial charge in [-0.2, -0.15) is 0 Å². The zero-order chi connectivity index (χ0) is 12.3. The minimum absolute atomic E-state index is 0.208. The Kier molecular flexibility index (Phi) is 4.54. The molecule has 2 rings (SSSR count). The van der Waals surface area contributed by atoms with E-state index < -0.39 is 0 Å². The lowest BCUT2D eigenvalue weighted by molar-refractivity contribution is -0.0102. The van der Waals surface area contributed by atoms with Crippen LogP contribution in [0.4, 0.5) is 4.39 Å². The summed E-state index contributed by atoms with van der Waals surface area (Å²) in [5, 5.41) is 3.45. The molecule has 94 valence electrons. The molecule has 17 heavy (non-hydrogen) atoms. The molecule has 1 saturated carbocycles. The van der Waals surface area contributed by atoms with E-state index in [9.17, 15) is 4.39 Å². The lowest BCUT2D eigenvalue weighted by atomic mass is 9.89. The van der Waals surface area contributed by atoms with Crippen molar-refractivity contribution in [1.29, 1.82) is 0 Å². The summed E-state index contributed by atoms with van der Waals surface area (Å²) >= 11 is 3.37. The van der Waals surface area contributed by atoms with Crippen molar-refractivity contribution in [3.05, 3.63) is 34.1 Å². The molecule has 1 aromatic rings. The predicted octanol–water partition coefficient (Wildman–Crippen LogP) is 3.25. The first kappa shape index (κ1) is 13.0. The molecular weight excluding hydrogens is 285 g/mol. The van der Waals surface area contributed by atoms with E-state index in [0.29, 0.717) is 12.1 Å². The summed E-state index contributed by atoms with van der Waals surface area (Å²) in [5.41, 5.74) is 1.09. The zero-order valence-electron chi connectivity index (χ0n) is 9.88. The second-order valence-electron chi connectivity index (χ2n) is 4.36. The van der Waals surface area contributed by atoms with Crippen molar-refractivity contribution in [1.82, 2.24) is 5.32 Å². The molecule has 1 aliphatic rings. The van der Waals surface area contributed by atoms with Crippen LogP contribution in [0.1, 0.15) is 25.3 Å². The molecule has 0 bridgehead atoms. The molecular formula is C13H17BrFNO. The van der Waals surface area contributed by atoms with Gasteiger partial charge in [0.15, 0.2) is 0 Å². The third kappa shape index (κ3) is 3.50. The van der Waals surface area contributed by atoms with Gasteiger partial charge in [-0.05, 0) is 37.5 Å². The molecule has 4 heteroatoms. The van der Waals surface area contributed by atoms with E-state index in [-0.39, 0.29) is 5.82 Å². The number of hydrogen-bond donors (Lipinski definition) is 1. The Morgan fingerprint density at radius 1 is 1.47 bits per heavy atom. The number of halogens is 2. The first-order valence-corrected chi connectivity index (χ1v) is 6.77. The third-order valence-electron chi connectivity index (χ3n) is 3.09. The SMILES string of the molecule is CCOC1CC(NCc2ccc(F)cc2Br)C1. The summed E-state index contributed by atoms with van der Waals surface area (Å²) in [6.07, 6.45) is 2.58. The van der Waals surface area contributed by atoms with Gasteiger partial charge >= 0.3 is 0 Å². The van der Waals surface area contributed by atoms with Gasteiger partial charge in [-0.15, -0.1) is 0 Å². The fourth-order valence-electron chi connectivity index (χ4n) is 2.02. The summed E-state index contributed by atoms with van der Waals surface area (Å²) < 4.78 is 19.2. The van der Waals surface area contributed by atoms with Crippen LogP contribution in [0.15, 0.2) is 22.7 Å². The largest absolute Gasteiger partial charge is 0.378 e. The minimum atomic E-state index is -0.208. The van der Waals surface area contributed by atoms with Crippen LogP contribution >= 0.6 is 15.9 Å². The van der Waals surface area contributed by atoms with E-state index in [1.165, 1.54) is 12.1 Å². The molecule has 2 nitrogen and oxygen atoms in total. The van der Waals surface area contributed by atoms with E-state index in [1.54, 1.807) is 0 Å². The highest BCUT2D eigenvalue weighted by Crippen LogP contribution is 2.24. The summed E-state index contributed by atoms with van der Waals surface area (Å²) in [6, 6.07) is 5.33. The van der Waals surface area contributed by atoms with Gasteiger partial charge in [0.05, 0.1) is 6.10 Å². The van der Waals surface area contributed by atoms with Crippen LogP contribution in [0.5, 0.6) is 0 Å². The molecule has 0 aliphatic heterocycles. The van der Waals surface area contributed by atoms with E-state index in [2.05, 4.69) is 21.2 Å². The van der Waals surface area contributed by atoms with Crippen LogP contribution in [-0.2, 0) is 11.3 Å². The Hall–Kier alpha value is -0.450. The molecule has 0 spiro atoms. The molecule has 0 heterocycles. The molecule has 0 aromatic heterocycles. The van der Waals surface area contributed by atoms with Crippen LogP contribution in [-0.4, -0.2) is 18.8 Å². The summed E-state index contributed by atoms with van der Waals surface area (Å²) in [5.74, 6) is -0.208. The summed E-state index contributed by atoms with van der Waals surface area (Å²) in [4.78, 5) is 0. The number of nitrogens with one attached hydrogen (secondary N) is 1. The van der Waals surface area contributed by atoms with Crippen molar-refractivity contribution in [2.24, 2.45) is 0 Å². The van der Waals surface area contributed by atoms with Crippen molar-refractivity contribution in [2.75, 3.05) is 6.61 Å². The monoisotopic (exact) mass is 301 g/mol. The first-order chi connectivity index (χ1) is 8.19. The number of rotatable bonds is 5. The highest BCUT2D eigenvalue weighted by Gasteiger charge is 2.28. The summed E-state index contributed by atoms with van der Waals surface area (Å²) in [6.45, 7) is 3.58. The van der Waals surface area contributed by atoms with E-state index >= 15 is 0 Å². The number of hydrogen-bond acceptors (Lipinski definition) is 2. The molecule has 0 unspecified atom stereocenters. The maximum Gasteiger partial charge on any atom is 0.124 e. The Morgan fingerprint density at radius 3 is 2.88 bits per heavy atom. The van der Waals surface area contributed by atoms with Crippen molar-refractivity contribution < 1.29 is 9.13 Å². The molecule has 0 saturated heterocycles. The van der Waals surface area contributed by atoms with Gasteiger partial charge < -0.3 is 10.1 Å². The van der Waals surface area contributed by atoms with Gasteiger partial charge in [0.25, 0.3) is 0 Å². The van der Waals surface area contributed by atoms with Crippen LogP contribution in [0, 0.1) is 5.82 Å². The fraction of sp³-hybridized carbons (Fsp3) is 0.538. The highest BCUT2D eigenvalue weighted by molar-refractivity contribution is 9.10. The van der Waals surface area contributed by atoms with Gasteiger partial charge in [-0.25, -0.2) is 4.39 Å². The lowest BCUT2D eigenvalue weighted by Crippen LogP contribution is -2.45. The van der Waals surface area contributed by atoms with Crippen molar-refractivity contribution in [2.45, 2.75) is 38.5 Å². The zero-order valence-corrected chi connectivity index (χ0v) is 11.5. The Bertz CT molecular complexity index is 380. The van der Waals surface area contributed by atoms with Crippen LogP contribution in [0.3, 0.4) is 0 Å². The standard InChI is InChI=1S/C13H17BrFNO/c1-2-17-12-6-11(7-12)16-8-9-3-4-10(15)5-13(9)14/h3-5,11-12,16H,2,6-8H2,1H3. The topological polar surface area (TPSA) is 21.3 Å². The Balaban J connectivity index is 1.76. The average molecular weight is 302 g/mol. The quantitative estimate of drug-likeness (QED) is 0.901. The van der Waals surface area contributed by atoms with Gasteiger partial charge in [-0.3, -0.25) is 0 Å². The second-order valence-corrected chi connectivity index (χ2v) is 5.22. The van der Waals surface area contributed by atoms with E-state index in [1.807, 2.05) is 13.0 Å². The molecule has 0 atom stereocenters. The number of ether oxygens (including phenoxy) is 1. The molecule has 0 amide bonds. The van der Waals surface area contributed by atoms with Gasteiger partial charge in [0.1, 0.15) is 5.82 Å². The number of benzene rings is 1. The normalized spacial score (nSPS) is 23.5.